The van der Waals surface area contributed by atoms with Crippen LogP contribution in [-0.4, -0.2) is 30.4 Å². The van der Waals surface area contributed by atoms with Gasteiger partial charge >= 0.3 is 11.9 Å². The quantitative estimate of drug-likeness (QED) is 0.303. The van der Waals surface area contributed by atoms with Crippen molar-refractivity contribution >= 4 is 33.4 Å². The molecule has 0 saturated carbocycles. The second-order valence-electron chi connectivity index (χ2n) is 7.29. The highest BCUT2D eigenvalue weighted by atomic mass is 32.2. The van der Waals surface area contributed by atoms with E-state index in [1.165, 1.54) is 73.2 Å². The summed E-state index contributed by atoms with van der Waals surface area (Å²) < 4.78 is 43.4. The molecule has 0 unspecified atom stereocenters. The van der Waals surface area contributed by atoms with Crippen molar-refractivity contribution in [2.24, 2.45) is 0 Å². The number of hydrogen-bond acceptors (Lipinski definition) is 8. The van der Waals surface area contributed by atoms with Gasteiger partial charge in [-0.2, -0.15) is 4.31 Å². The Morgan fingerprint density at radius 3 is 2.03 bits per heavy atom. The van der Waals surface area contributed by atoms with Crippen molar-refractivity contribution in [3.63, 3.8) is 0 Å². The summed E-state index contributed by atoms with van der Waals surface area (Å²) in [6.07, 6.45) is 2.45. The van der Waals surface area contributed by atoms with Gasteiger partial charge in [-0.1, -0.05) is 42.5 Å². The third kappa shape index (κ3) is 3.75. The van der Waals surface area contributed by atoms with Crippen molar-refractivity contribution in [3.8, 4) is 0 Å². The lowest BCUT2D eigenvalue weighted by Gasteiger charge is -2.30. The van der Waals surface area contributed by atoms with Crippen LogP contribution < -0.4 is 0 Å². The fraction of sp³-hybridized carbons (Fsp3) is 0. The number of esters is 1. The number of Topliss-reactive ketones (excluding diaryl/α,β-unsaturated/α-hetero) is 1. The molecule has 0 spiro atoms. The molecule has 2 aromatic heterocycles. The first-order chi connectivity index (χ1) is 16.9. The molecular formula is C25H15NO8S. The van der Waals surface area contributed by atoms with Gasteiger partial charge in [-0.05, 0) is 36.4 Å². The molecule has 0 bridgehead atoms. The van der Waals surface area contributed by atoms with Gasteiger partial charge in [-0.3, -0.25) is 9.59 Å². The van der Waals surface area contributed by atoms with Crippen molar-refractivity contribution in [3.05, 3.63) is 120 Å². The molecule has 1 aliphatic rings. The predicted molar refractivity (Wildman–Crippen MR) is 120 cm³/mol. The van der Waals surface area contributed by atoms with Crippen molar-refractivity contribution in [1.82, 2.24) is 4.31 Å². The Morgan fingerprint density at radius 2 is 1.37 bits per heavy atom. The fourth-order valence-electron chi connectivity index (χ4n) is 3.59. The number of ether oxygens (including phenoxy) is 1. The van der Waals surface area contributed by atoms with Crippen molar-refractivity contribution in [2.45, 2.75) is 4.90 Å². The van der Waals surface area contributed by atoms with Crippen LogP contribution in [0.3, 0.4) is 0 Å². The molecule has 0 radical (unpaired) electrons. The van der Waals surface area contributed by atoms with E-state index in [-0.39, 0.29) is 27.5 Å². The van der Waals surface area contributed by atoms with Gasteiger partial charge in [0.15, 0.2) is 17.2 Å². The van der Waals surface area contributed by atoms with Crippen LogP contribution in [0.1, 0.15) is 37.0 Å². The van der Waals surface area contributed by atoms with Crippen molar-refractivity contribution < 1.29 is 36.4 Å². The number of carbonyl (C=O) groups is 3. The van der Waals surface area contributed by atoms with E-state index in [2.05, 4.69) is 0 Å². The lowest BCUT2D eigenvalue weighted by Crippen LogP contribution is -2.42. The molecular weight excluding hydrogens is 474 g/mol. The largest absolute Gasteiger partial charge is 0.459 e. The van der Waals surface area contributed by atoms with Crippen LogP contribution in [0.2, 0.25) is 0 Å². The lowest BCUT2D eigenvalue weighted by molar-refractivity contribution is 0.0645. The summed E-state index contributed by atoms with van der Waals surface area (Å²) in [5.74, 6) is -3.89. The third-order valence-corrected chi connectivity index (χ3v) is 6.89. The van der Waals surface area contributed by atoms with Crippen molar-refractivity contribution in [2.75, 3.05) is 0 Å². The number of rotatable bonds is 5. The lowest BCUT2D eigenvalue weighted by atomic mass is 10.0. The van der Waals surface area contributed by atoms with E-state index in [1.54, 1.807) is 18.2 Å². The molecule has 0 atom stereocenters. The normalized spacial score (nSPS) is 14.3. The highest BCUT2D eigenvalue weighted by Gasteiger charge is 2.46. The number of benzene rings is 2. The SMILES string of the molecule is O=C(C1=C(OC(=O)c2ccco2)c2ccccc2S(=O)(=O)N1C(=O)c1ccco1)c1ccccc1. The fourth-order valence-corrected chi connectivity index (χ4v) is 5.19. The molecule has 0 aliphatic carbocycles. The maximum absolute atomic E-state index is 13.7. The minimum Gasteiger partial charge on any atom is -0.459 e. The Balaban J connectivity index is 1.80. The molecule has 1 aliphatic heterocycles. The zero-order chi connectivity index (χ0) is 24.6. The number of carbonyl (C=O) groups excluding carboxylic acids is 3. The smallest absolute Gasteiger partial charge is 0.379 e. The van der Waals surface area contributed by atoms with Gasteiger partial charge in [-0.25, -0.2) is 13.2 Å². The van der Waals surface area contributed by atoms with E-state index in [0.717, 1.165) is 0 Å². The summed E-state index contributed by atoms with van der Waals surface area (Å²) in [6, 6.07) is 18.8. The van der Waals surface area contributed by atoms with Crippen molar-refractivity contribution in [1.29, 1.82) is 0 Å². The number of sulfonamides is 1. The van der Waals surface area contributed by atoms with Crippen LogP contribution in [0, 0.1) is 0 Å². The van der Waals surface area contributed by atoms with Gasteiger partial charge in [0.1, 0.15) is 0 Å². The second kappa shape index (κ2) is 8.58. The summed E-state index contributed by atoms with van der Waals surface area (Å²) in [4.78, 5) is 39.6. The topological polar surface area (TPSA) is 124 Å². The number of ketones is 1. The highest BCUT2D eigenvalue weighted by Crippen LogP contribution is 2.40. The molecule has 5 rings (SSSR count). The summed E-state index contributed by atoms with van der Waals surface area (Å²) in [6.45, 7) is 0. The van der Waals surface area contributed by atoms with E-state index in [9.17, 15) is 22.8 Å². The summed E-state index contributed by atoms with van der Waals surface area (Å²) in [5.41, 5.74) is -0.646. The van der Waals surface area contributed by atoms with E-state index in [0.29, 0.717) is 4.31 Å². The standard InChI is InChI=1S/C25H15NO8S/c27-22(16-8-2-1-3-9-16)21-23(34-25(29)19-12-7-15-33-19)17-10-4-5-13-20(17)35(30,31)26(21)24(28)18-11-6-14-32-18/h1-15H. The first-order valence-corrected chi connectivity index (χ1v) is 11.7. The molecule has 35 heavy (non-hydrogen) atoms. The first-order valence-electron chi connectivity index (χ1n) is 10.2. The van der Waals surface area contributed by atoms with Gasteiger partial charge in [0.2, 0.25) is 11.5 Å². The molecule has 2 aromatic carbocycles. The van der Waals surface area contributed by atoms with Crippen LogP contribution in [0.15, 0.2) is 111 Å². The Morgan fingerprint density at radius 1 is 0.743 bits per heavy atom. The first kappa shape index (κ1) is 22.1. The summed E-state index contributed by atoms with van der Waals surface area (Å²) in [7, 11) is -4.60. The Bertz CT molecular complexity index is 1570. The number of nitrogens with zero attached hydrogens (tertiary/aromatic N) is 1. The van der Waals surface area contributed by atoms with E-state index in [1.807, 2.05) is 0 Å². The number of furan rings is 2. The Hall–Kier alpha value is -4.70. The maximum atomic E-state index is 13.7. The molecule has 0 N–H and O–H groups in total. The predicted octanol–water partition coefficient (Wildman–Crippen LogP) is 4.13. The summed E-state index contributed by atoms with van der Waals surface area (Å²) in [5, 5.41) is 0. The number of fused-ring (bicyclic) bond motifs is 1. The van der Waals surface area contributed by atoms with Crippen LogP contribution >= 0.6 is 0 Å². The average Bonchev–Trinajstić information content (AvgIpc) is 3.60. The average molecular weight is 489 g/mol. The molecule has 9 nitrogen and oxygen atoms in total. The molecule has 0 fully saturated rings. The Labute approximate surface area is 198 Å². The highest BCUT2D eigenvalue weighted by molar-refractivity contribution is 7.90. The minimum atomic E-state index is -4.60. The molecule has 10 heteroatoms. The second-order valence-corrected chi connectivity index (χ2v) is 9.04. The Kier molecular flexibility index (Phi) is 5.42. The van der Waals surface area contributed by atoms with Gasteiger partial charge in [0.25, 0.3) is 10.0 Å². The molecule has 174 valence electrons. The molecule has 3 heterocycles. The number of allylic oxidation sites excluding steroid dienone is 1. The number of amides is 1. The van der Waals surface area contributed by atoms with E-state index in [4.69, 9.17) is 13.6 Å². The van der Waals surface area contributed by atoms with Gasteiger partial charge < -0.3 is 13.6 Å². The monoisotopic (exact) mass is 489 g/mol. The van der Waals surface area contributed by atoms with Gasteiger partial charge in [0.05, 0.1) is 17.4 Å². The maximum Gasteiger partial charge on any atom is 0.379 e. The zero-order valence-electron chi connectivity index (χ0n) is 17.8. The van der Waals surface area contributed by atoms with Crippen LogP contribution in [0.5, 0.6) is 0 Å². The van der Waals surface area contributed by atoms with E-state index >= 15 is 0 Å². The molecule has 1 amide bonds. The summed E-state index contributed by atoms with van der Waals surface area (Å²) >= 11 is 0. The van der Waals surface area contributed by atoms with Gasteiger partial charge in [-0.15, -0.1) is 0 Å². The molecule has 4 aromatic rings. The van der Waals surface area contributed by atoms with Crippen LogP contribution in [-0.2, 0) is 14.8 Å². The third-order valence-electron chi connectivity index (χ3n) is 5.15. The molecule has 0 saturated heterocycles. The number of hydrogen-bond donors (Lipinski definition) is 0. The van der Waals surface area contributed by atoms with E-state index < -0.39 is 39.1 Å². The van der Waals surface area contributed by atoms with Crippen LogP contribution in [0.25, 0.3) is 5.76 Å². The minimum absolute atomic E-state index is 0.0600. The van der Waals surface area contributed by atoms with Gasteiger partial charge in [0, 0.05) is 11.1 Å². The van der Waals surface area contributed by atoms with Crippen LogP contribution in [0.4, 0.5) is 0 Å². The zero-order valence-corrected chi connectivity index (χ0v) is 18.6.